The fourth-order valence-electron chi connectivity index (χ4n) is 5.60. The van der Waals surface area contributed by atoms with Gasteiger partial charge in [0.2, 0.25) is 17.7 Å². The van der Waals surface area contributed by atoms with Crippen LogP contribution >= 0.6 is 0 Å². The first-order valence-electron chi connectivity index (χ1n) is 14.1. The molecule has 36 heavy (non-hydrogen) atoms. The number of hydrogen-bond acceptors (Lipinski definition) is 4. The van der Waals surface area contributed by atoms with Crippen molar-refractivity contribution in [3.63, 3.8) is 0 Å². The van der Waals surface area contributed by atoms with E-state index < -0.39 is 6.04 Å². The van der Waals surface area contributed by atoms with Gasteiger partial charge >= 0.3 is 0 Å². The molecular formula is C29H44N4O3. The second-order valence-corrected chi connectivity index (χ2v) is 11.1. The highest BCUT2D eigenvalue weighted by Crippen LogP contribution is 2.31. The molecule has 2 aliphatic carbocycles. The van der Waals surface area contributed by atoms with E-state index in [1.807, 2.05) is 36.1 Å². The summed E-state index contributed by atoms with van der Waals surface area (Å²) < 4.78 is 0. The van der Waals surface area contributed by atoms with Crippen molar-refractivity contribution < 1.29 is 14.4 Å². The number of carbonyl (C=O) groups is 3. The van der Waals surface area contributed by atoms with Crippen molar-refractivity contribution in [2.24, 2.45) is 17.8 Å². The van der Waals surface area contributed by atoms with Gasteiger partial charge in [-0.15, -0.1) is 0 Å². The lowest BCUT2D eigenvalue weighted by atomic mass is 9.80. The van der Waals surface area contributed by atoms with Crippen molar-refractivity contribution in [1.82, 2.24) is 15.1 Å². The van der Waals surface area contributed by atoms with Crippen LogP contribution in [-0.4, -0.2) is 66.3 Å². The van der Waals surface area contributed by atoms with E-state index in [2.05, 4.69) is 15.5 Å². The highest BCUT2D eigenvalue weighted by molar-refractivity contribution is 5.92. The second-order valence-electron chi connectivity index (χ2n) is 11.1. The molecule has 1 unspecified atom stereocenters. The summed E-state index contributed by atoms with van der Waals surface area (Å²) in [5.41, 5.74) is 1.74. The van der Waals surface area contributed by atoms with E-state index in [1.54, 1.807) is 6.92 Å². The molecule has 198 valence electrons. The summed E-state index contributed by atoms with van der Waals surface area (Å²) in [5, 5.41) is 6.02. The minimum absolute atomic E-state index is 0.00144. The standard InChI is InChI=1S/C29H44N4O3/c1-3-27(34)31-26(29(36)33-17-15-32(16-18-33)20-23-9-10-23)19-22-11-13-25(14-12-22)30-28(35)21(2)24-7-5-4-6-8-24/h11-14,21,23-24,26H,3-10,15-20H2,1-2H3,(H,30,35)(H,31,34)/t21-,26?/m0/s1. The molecule has 0 bridgehead atoms. The van der Waals surface area contributed by atoms with Gasteiger partial charge in [-0.2, -0.15) is 0 Å². The molecule has 1 heterocycles. The van der Waals surface area contributed by atoms with Crippen LogP contribution in [0.2, 0.25) is 0 Å². The van der Waals surface area contributed by atoms with Crippen LogP contribution in [0.3, 0.4) is 0 Å². The number of amides is 3. The van der Waals surface area contributed by atoms with E-state index in [4.69, 9.17) is 0 Å². The van der Waals surface area contributed by atoms with Crippen LogP contribution in [-0.2, 0) is 20.8 Å². The molecule has 2 N–H and O–H groups in total. The molecule has 7 heteroatoms. The minimum atomic E-state index is -0.570. The molecule has 1 aliphatic heterocycles. The molecule has 7 nitrogen and oxygen atoms in total. The zero-order valence-electron chi connectivity index (χ0n) is 22.1. The Balaban J connectivity index is 1.32. The fraction of sp³-hybridized carbons (Fsp3) is 0.690. The molecular weight excluding hydrogens is 452 g/mol. The Morgan fingerprint density at radius 1 is 0.944 bits per heavy atom. The van der Waals surface area contributed by atoms with Gasteiger partial charge < -0.3 is 15.5 Å². The largest absolute Gasteiger partial charge is 0.344 e. The minimum Gasteiger partial charge on any atom is -0.344 e. The van der Waals surface area contributed by atoms with Crippen LogP contribution < -0.4 is 10.6 Å². The molecule has 2 saturated carbocycles. The van der Waals surface area contributed by atoms with Gasteiger partial charge in [-0.1, -0.05) is 45.2 Å². The van der Waals surface area contributed by atoms with Gasteiger partial charge in [0.15, 0.2) is 0 Å². The van der Waals surface area contributed by atoms with E-state index in [1.165, 1.54) is 32.1 Å². The molecule has 4 rings (SSSR count). The molecule has 3 fully saturated rings. The maximum atomic E-state index is 13.4. The fourth-order valence-corrected chi connectivity index (χ4v) is 5.60. The lowest BCUT2D eigenvalue weighted by Crippen LogP contribution is -2.55. The van der Waals surface area contributed by atoms with Crippen LogP contribution in [0.4, 0.5) is 5.69 Å². The first kappa shape index (κ1) is 26.6. The molecule has 0 radical (unpaired) electrons. The first-order chi connectivity index (χ1) is 17.4. The third kappa shape index (κ3) is 7.55. The smallest absolute Gasteiger partial charge is 0.245 e. The summed E-state index contributed by atoms with van der Waals surface area (Å²) in [4.78, 5) is 42.7. The number of hydrogen-bond donors (Lipinski definition) is 2. The number of anilines is 1. The van der Waals surface area contributed by atoms with Gasteiger partial charge in [-0.05, 0) is 55.2 Å². The molecule has 3 aliphatic rings. The Kier molecular flexibility index (Phi) is 9.41. The summed E-state index contributed by atoms with van der Waals surface area (Å²) >= 11 is 0. The molecule has 1 aromatic rings. The van der Waals surface area contributed by atoms with Crippen LogP contribution in [0.1, 0.15) is 70.8 Å². The van der Waals surface area contributed by atoms with Gasteiger partial charge in [-0.25, -0.2) is 0 Å². The predicted molar refractivity (Wildman–Crippen MR) is 142 cm³/mol. The normalized spacial score (nSPS) is 21.0. The number of nitrogens with zero attached hydrogens (tertiary/aromatic N) is 2. The highest BCUT2D eigenvalue weighted by Gasteiger charge is 2.31. The number of benzene rings is 1. The Labute approximate surface area is 216 Å². The van der Waals surface area contributed by atoms with Crippen molar-refractivity contribution in [3.05, 3.63) is 29.8 Å². The molecule has 0 spiro atoms. The van der Waals surface area contributed by atoms with Gasteiger partial charge in [0, 0.05) is 57.2 Å². The molecule has 1 aromatic carbocycles. The summed E-state index contributed by atoms with van der Waals surface area (Å²) in [7, 11) is 0. The maximum absolute atomic E-state index is 13.4. The lowest BCUT2D eigenvalue weighted by molar-refractivity contribution is -0.137. The zero-order valence-corrected chi connectivity index (χ0v) is 22.1. The Hall–Kier alpha value is -2.41. The number of nitrogens with one attached hydrogen (secondary N) is 2. The van der Waals surface area contributed by atoms with E-state index in [0.717, 1.165) is 49.6 Å². The Morgan fingerprint density at radius 3 is 2.22 bits per heavy atom. The summed E-state index contributed by atoms with van der Waals surface area (Å²) in [6.45, 7) is 8.24. The third-order valence-electron chi connectivity index (χ3n) is 8.28. The van der Waals surface area contributed by atoms with Crippen LogP contribution in [0.25, 0.3) is 0 Å². The Bertz CT molecular complexity index is 884. The summed E-state index contributed by atoms with van der Waals surface area (Å²) in [5.74, 6) is 1.32. The monoisotopic (exact) mass is 496 g/mol. The topological polar surface area (TPSA) is 81.8 Å². The number of rotatable bonds is 10. The van der Waals surface area contributed by atoms with Crippen LogP contribution in [0.5, 0.6) is 0 Å². The van der Waals surface area contributed by atoms with Crippen molar-refractivity contribution in [2.45, 2.75) is 77.7 Å². The first-order valence-corrected chi connectivity index (χ1v) is 14.1. The molecule has 3 amide bonds. The average Bonchev–Trinajstić information content (AvgIpc) is 3.73. The van der Waals surface area contributed by atoms with Crippen LogP contribution in [0.15, 0.2) is 24.3 Å². The van der Waals surface area contributed by atoms with Gasteiger partial charge in [0.1, 0.15) is 6.04 Å². The van der Waals surface area contributed by atoms with Crippen molar-refractivity contribution in [2.75, 3.05) is 38.0 Å². The van der Waals surface area contributed by atoms with Gasteiger partial charge in [-0.3, -0.25) is 19.3 Å². The van der Waals surface area contributed by atoms with E-state index in [0.29, 0.717) is 31.8 Å². The zero-order chi connectivity index (χ0) is 25.5. The van der Waals surface area contributed by atoms with Crippen molar-refractivity contribution in [3.8, 4) is 0 Å². The molecule has 1 saturated heterocycles. The maximum Gasteiger partial charge on any atom is 0.245 e. The Morgan fingerprint density at radius 2 is 1.61 bits per heavy atom. The average molecular weight is 497 g/mol. The van der Waals surface area contributed by atoms with E-state index in [9.17, 15) is 14.4 Å². The molecule has 2 atom stereocenters. The van der Waals surface area contributed by atoms with Crippen LogP contribution in [0, 0.1) is 17.8 Å². The van der Waals surface area contributed by atoms with Gasteiger partial charge in [0.05, 0.1) is 0 Å². The number of carbonyl (C=O) groups excluding carboxylic acids is 3. The van der Waals surface area contributed by atoms with E-state index >= 15 is 0 Å². The van der Waals surface area contributed by atoms with E-state index in [-0.39, 0.29) is 23.6 Å². The predicted octanol–water partition coefficient (Wildman–Crippen LogP) is 3.83. The van der Waals surface area contributed by atoms with Gasteiger partial charge in [0.25, 0.3) is 0 Å². The SMILES string of the molecule is CCC(=O)NC(Cc1ccc(NC(=O)[C@@H](C)C2CCCCC2)cc1)C(=O)N1CCN(CC2CC2)CC1. The third-order valence-corrected chi connectivity index (χ3v) is 8.28. The number of piperazine rings is 1. The molecule has 0 aromatic heterocycles. The van der Waals surface area contributed by atoms with Crippen molar-refractivity contribution in [1.29, 1.82) is 0 Å². The lowest BCUT2D eigenvalue weighted by Gasteiger charge is -2.36. The quantitative estimate of drug-likeness (QED) is 0.516. The summed E-state index contributed by atoms with van der Waals surface area (Å²) in [6.07, 6.45) is 9.49. The highest BCUT2D eigenvalue weighted by atomic mass is 16.2. The summed E-state index contributed by atoms with van der Waals surface area (Å²) in [6, 6.07) is 7.14. The van der Waals surface area contributed by atoms with Crippen molar-refractivity contribution >= 4 is 23.4 Å². The second kappa shape index (κ2) is 12.7.